The lowest BCUT2D eigenvalue weighted by atomic mass is 10.0. The van der Waals surface area contributed by atoms with Gasteiger partial charge in [-0.05, 0) is 80.1 Å². The van der Waals surface area contributed by atoms with E-state index in [4.69, 9.17) is 14.6 Å². The quantitative estimate of drug-likeness (QED) is 0.106. The Morgan fingerprint density at radius 3 is 2.24 bits per heavy atom. The van der Waals surface area contributed by atoms with Crippen LogP contribution < -0.4 is 9.47 Å². The van der Waals surface area contributed by atoms with E-state index in [1.54, 1.807) is 36.0 Å². The topological polar surface area (TPSA) is 113 Å². The van der Waals surface area contributed by atoms with E-state index in [1.165, 1.54) is 6.92 Å². The molecule has 0 radical (unpaired) electrons. The summed E-state index contributed by atoms with van der Waals surface area (Å²) < 4.78 is 11.8. The average molecular weight is 581 g/mol. The molecule has 0 spiro atoms. The molecule has 0 saturated heterocycles. The van der Waals surface area contributed by atoms with E-state index >= 15 is 0 Å². The summed E-state index contributed by atoms with van der Waals surface area (Å²) in [4.78, 5) is 22.8. The van der Waals surface area contributed by atoms with Crippen molar-refractivity contribution < 1.29 is 34.4 Å². The number of aromatic hydroxyl groups is 2. The molecule has 3 aromatic rings. The molecule has 1 atom stereocenters. The van der Waals surface area contributed by atoms with Crippen molar-refractivity contribution in [3.63, 3.8) is 0 Å². The van der Waals surface area contributed by atoms with Gasteiger partial charge < -0.3 is 24.8 Å². The number of thioether (sulfide) groups is 1. The lowest BCUT2D eigenvalue weighted by Crippen LogP contribution is -2.07. The minimum absolute atomic E-state index is 0.00738. The van der Waals surface area contributed by atoms with Gasteiger partial charge in [-0.2, -0.15) is 11.8 Å². The smallest absolute Gasteiger partial charge is 0.304 e. The van der Waals surface area contributed by atoms with Gasteiger partial charge in [0, 0.05) is 23.0 Å². The highest BCUT2D eigenvalue weighted by Gasteiger charge is 2.16. The number of rotatable bonds is 18. The number of hydrogen-bond donors (Lipinski definition) is 3. The van der Waals surface area contributed by atoms with Crippen LogP contribution in [-0.4, -0.2) is 46.0 Å². The Bertz CT molecular complexity index is 1260. The molecular formula is C33H40O7S. The van der Waals surface area contributed by atoms with Gasteiger partial charge in [-0.25, -0.2) is 0 Å². The Balaban J connectivity index is 1.50. The summed E-state index contributed by atoms with van der Waals surface area (Å²) in [6, 6.07) is 18.6. The van der Waals surface area contributed by atoms with Crippen LogP contribution in [0.5, 0.6) is 23.0 Å². The van der Waals surface area contributed by atoms with Crippen LogP contribution in [0.25, 0.3) is 0 Å². The van der Waals surface area contributed by atoms with Gasteiger partial charge in [-0.15, -0.1) is 0 Å². The van der Waals surface area contributed by atoms with E-state index in [2.05, 4.69) is 0 Å². The van der Waals surface area contributed by atoms with Crippen LogP contribution in [-0.2, 0) is 17.6 Å². The Kier molecular flexibility index (Phi) is 12.9. The Morgan fingerprint density at radius 2 is 1.59 bits per heavy atom. The summed E-state index contributed by atoms with van der Waals surface area (Å²) in [6.07, 6.45) is 4.96. The van der Waals surface area contributed by atoms with Crippen molar-refractivity contribution in [1.29, 1.82) is 0 Å². The number of carboxylic acid groups (broad SMARTS) is 1. The Morgan fingerprint density at radius 1 is 0.878 bits per heavy atom. The largest absolute Gasteiger partial charge is 0.508 e. The first kappa shape index (κ1) is 31.9. The molecule has 8 heteroatoms. The highest BCUT2D eigenvalue weighted by molar-refractivity contribution is 7.99. The SMILES string of the molecule is CCCc1c(OCCCOc2ccc(C(CCCc3ccc(O)cc3)SCCC(=O)O)cc2)ccc(C(C)=O)c1O. The molecule has 0 heterocycles. The number of benzene rings is 3. The van der Waals surface area contributed by atoms with E-state index in [-0.39, 0.29) is 29.0 Å². The number of phenolic OH excluding ortho intramolecular Hbond substituents is 2. The Labute approximate surface area is 246 Å². The first-order chi connectivity index (χ1) is 19.8. The lowest BCUT2D eigenvalue weighted by molar-refractivity contribution is -0.136. The minimum atomic E-state index is -0.792. The summed E-state index contributed by atoms with van der Waals surface area (Å²) in [5.41, 5.74) is 3.28. The standard InChI is InChI=1S/C33H40O7S/c1-3-6-29-30(18-17-28(23(2)34)33(29)38)40-21-5-20-39-27-15-11-25(12-16-27)31(41-22-19-32(36)37)8-4-7-24-9-13-26(35)14-10-24/h9-18,31,35,38H,3-8,19-22H2,1-2H3,(H,36,37). The van der Waals surface area contributed by atoms with Crippen molar-refractivity contribution in [2.24, 2.45) is 0 Å². The minimum Gasteiger partial charge on any atom is -0.508 e. The molecule has 0 saturated carbocycles. The summed E-state index contributed by atoms with van der Waals surface area (Å²) in [5, 5.41) is 29.2. The fourth-order valence-electron chi connectivity index (χ4n) is 4.53. The fourth-order valence-corrected chi connectivity index (χ4v) is 5.79. The molecule has 0 aromatic heterocycles. The zero-order valence-electron chi connectivity index (χ0n) is 23.8. The van der Waals surface area contributed by atoms with Gasteiger partial charge in [-0.1, -0.05) is 37.6 Å². The molecule has 0 aliphatic carbocycles. The second kappa shape index (κ2) is 16.6. The maximum absolute atomic E-state index is 11.8. The van der Waals surface area contributed by atoms with Crippen molar-refractivity contribution in [3.05, 3.63) is 82.9 Å². The van der Waals surface area contributed by atoms with E-state index in [0.717, 1.165) is 42.6 Å². The van der Waals surface area contributed by atoms with Crippen molar-refractivity contribution >= 4 is 23.5 Å². The second-order valence-electron chi connectivity index (χ2n) is 9.93. The van der Waals surface area contributed by atoms with Crippen LogP contribution in [0, 0.1) is 0 Å². The summed E-state index contributed by atoms with van der Waals surface area (Å²) in [6.45, 7) is 4.32. The van der Waals surface area contributed by atoms with Crippen LogP contribution in [0.3, 0.4) is 0 Å². The van der Waals surface area contributed by atoms with E-state index < -0.39 is 5.97 Å². The maximum atomic E-state index is 11.8. The third-order valence-corrected chi connectivity index (χ3v) is 8.04. The van der Waals surface area contributed by atoms with E-state index in [9.17, 15) is 19.8 Å². The first-order valence-electron chi connectivity index (χ1n) is 14.1. The molecule has 0 amide bonds. The van der Waals surface area contributed by atoms with Crippen LogP contribution in [0.4, 0.5) is 0 Å². The molecule has 7 nitrogen and oxygen atoms in total. The predicted octanol–water partition coefficient (Wildman–Crippen LogP) is 7.37. The number of carbonyl (C=O) groups is 2. The number of carboxylic acids is 1. The molecule has 3 N–H and O–H groups in total. The molecule has 3 rings (SSSR count). The van der Waals surface area contributed by atoms with E-state index in [0.29, 0.717) is 48.7 Å². The number of Topliss-reactive ketones (excluding diaryl/α,β-unsaturated/α-hetero) is 1. The molecule has 3 aromatic carbocycles. The molecule has 0 fully saturated rings. The predicted molar refractivity (Wildman–Crippen MR) is 163 cm³/mol. The van der Waals surface area contributed by atoms with E-state index in [1.807, 2.05) is 43.3 Å². The highest BCUT2D eigenvalue weighted by atomic mass is 32.2. The normalized spacial score (nSPS) is 11.7. The molecule has 1 unspecified atom stereocenters. The zero-order chi connectivity index (χ0) is 29.6. The van der Waals surface area contributed by atoms with Crippen molar-refractivity contribution in [1.82, 2.24) is 0 Å². The molecule has 0 aliphatic rings. The van der Waals surface area contributed by atoms with Crippen molar-refractivity contribution in [3.8, 4) is 23.0 Å². The van der Waals surface area contributed by atoms with Gasteiger partial charge in [0.05, 0.1) is 25.2 Å². The van der Waals surface area contributed by atoms with Gasteiger partial charge in [0.1, 0.15) is 23.0 Å². The van der Waals surface area contributed by atoms with Crippen LogP contribution in [0.15, 0.2) is 60.7 Å². The van der Waals surface area contributed by atoms with Gasteiger partial charge in [0.25, 0.3) is 0 Å². The number of ketones is 1. The maximum Gasteiger partial charge on any atom is 0.304 e. The molecule has 0 aliphatic heterocycles. The number of ether oxygens (including phenoxy) is 2. The van der Waals surface area contributed by atoms with Crippen LogP contribution in [0.1, 0.15) is 78.2 Å². The van der Waals surface area contributed by atoms with Crippen molar-refractivity contribution in [2.75, 3.05) is 19.0 Å². The van der Waals surface area contributed by atoms with Crippen molar-refractivity contribution in [2.45, 2.75) is 64.0 Å². The average Bonchev–Trinajstić information content (AvgIpc) is 2.95. The van der Waals surface area contributed by atoms with Gasteiger partial charge in [0.2, 0.25) is 0 Å². The third kappa shape index (κ3) is 10.4. The van der Waals surface area contributed by atoms with Crippen LogP contribution >= 0.6 is 11.8 Å². The zero-order valence-corrected chi connectivity index (χ0v) is 24.6. The fraction of sp³-hybridized carbons (Fsp3) is 0.394. The highest BCUT2D eigenvalue weighted by Crippen LogP contribution is 2.35. The Hall–Kier alpha value is -3.65. The van der Waals surface area contributed by atoms with Crippen LogP contribution in [0.2, 0.25) is 0 Å². The number of aryl methyl sites for hydroxylation is 1. The molecule has 0 bridgehead atoms. The summed E-state index contributed by atoms with van der Waals surface area (Å²) in [7, 11) is 0. The second-order valence-corrected chi connectivity index (χ2v) is 11.2. The van der Waals surface area contributed by atoms with Gasteiger partial charge in [0.15, 0.2) is 5.78 Å². The number of carbonyl (C=O) groups excluding carboxylic acids is 1. The molecule has 220 valence electrons. The third-order valence-electron chi connectivity index (χ3n) is 6.69. The number of aliphatic carboxylic acids is 1. The first-order valence-corrected chi connectivity index (χ1v) is 15.2. The molecular weight excluding hydrogens is 540 g/mol. The van der Waals surface area contributed by atoms with Gasteiger partial charge in [-0.3, -0.25) is 9.59 Å². The number of hydrogen-bond acceptors (Lipinski definition) is 7. The lowest BCUT2D eigenvalue weighted by Gasteiger charge is -2.18. The summed E-state index contributed by atoms with van der Waals surface area (Å²) >= 11 is 1.66. The summed E-state index contributed by atoms with van der Waals surface area (Å²) in [5.74, 6) is 1.19. The monoisotopic (exact) mass is 580 g/mol. The number of phenols is 2. The molecule has 41 heavy (non-hydrogen) atoms. The van der Waals surface area contributed by atoms with Gasteiger partial charge >= 0.3 is 5.97 Å².